The van der Waals surface area contributed by atoms with Crippen LogP contribution in [0.25, 0.3) is 0 Å². The van der Waals surface area contributed by atoms with Crippen molar-refractivity contribution in [1.29, 1.82) is 0 Å². The van der Waals surface area contributed by atoms with Crippen molar-refractivity contribution < 1.29 is 9.59 Å². The second kappa shape index (κ2) is 9.19. The van der Waals surface area contributed by atoms with Crippen molar-refractivity contribution in [1.82, 2.24) is 9.69 Å². The van der Waals surface area contributed by atoms with E-state index in [1.807, 2.05) is 49.4 Å². The zero-order valence-electron chi connectivity index (χ0n) is 15.0. The number of nitrogens with one attached hydrogen (secondary N) is 1. The fourth-order valence-electron chi connectivity index (χ4n) is 2.52. The standard InChI is InChI=1S/C20H17Cl2N3O2S/c1-13-7-9-15(10-8-13)25(20(27)18-17(21)19(22)28-24-18)12-16(26)23-11-14-5-3-2-4-6-14/h2-10H,11-12H2,1H3,(H,23,26). The predicted octanol–water partition coefficient (Wildman–Crippen LogP) is 4.72. The van der Waals surface area contributed by atoms with Crippen molar-refractivity contribution in [2.75, 3.05) is 11.4 Å². The zero-order chi connectivity index (χ0) is 20.1. The molecule has 2 amide bonds. The van der Waals surface area contributed by atoms with Crippen LogP contribution in [-0.2, 0) is 11.3 Å². The van der Waals surface area contributed by atoms with E-state index in [9.17, 15) is 9.59 Å². The molecule has 144 valence electrons. The first-order valence-electron chi connectivity index (χ1n) is 8.45. The molecule has 1 heterocycles. The molecule has 0 saturated carbocycles. The molecule has 1 aromatic heterocycles. The Balaban J connectivity index is 1.80. The molecule has 5 nitrogen and oxygen atoms in total. The van der Waals surface area contributed by atoms with Gasteiger partial charge in [-0.3, -0.25) is 14.5 Å². The first-order valence-corrected chi connectivity index (χ1v) is 9.98. The maximum Gasteiger partial charge on any atom is 0.280 e. The number of hydrogen-bond donors (Lipinski definition) is 1. The van der Waals surface area contributed by atoms with Crippen LogP contribution in [-0.4, -0.2) is 22.7 Å². The number of rotatable bonds is 6. The number of amides is 2. The van der Waals surface area contributed by atoms with Crippen molar-refractivity contribution in [3.8, 4) is 0 Å². The van der Waals surface area contributed by atoms with E-state index in [4.69, 9.17) is 23.2 Å². The van der Waals surface area contributed by atoms with Gasteiger partial charge in [0.25, 0.3) is 5.91 Å². The summed E-state index contributed by atoms with van der Waals surface area (Å²) in [5, 5.41) is 2.92. The molecule has 8 heteroatoms. The molecule has 28 heavy (non-hydrogen) atoms. The molecule has 0 aliphatic heterocycles. The summed E-state index contributed by atoms with van der Waals surface area (Å²) in [4.78, 5) is 26.9. The van der Waals surface area contributed by atoms with E-state index < -0.39 is 5.91 Å². The molecule has 0 aliphatic rings. The average molecular weight is 434 g/mol. The third-order valence-corrected chi connectivity index (χ3v) is 5.64. The normalized spacial score (nSPS) is 10.5. The van der Waals surface area contributed by atoms with Gasteiger partial charge in [0.1, 0.15) is 15.9 Å². The van der Waals surface area contributed by atoms with Crippen LogP contribution < -0.4 is 10.2 Å². The third-order valence-electron chi connectivity index (χ3n) is 4.03. The Kier molecular flexibility index (Phi) is 6.67. The predicted molar refractivity (Wildman–Crippen MR) is 113 cm³/mol. The van der Waals surface area contributed by atoms with E-state index in [1.165, 1.54) is 4.90 Å². The number of anilines is 1. The highest BCUT2D eigenvalue weighted by Crippen LogP contribution is 2.31. The zero-order valence-corrected chi connectivity index (χ0v) is 17.3. The molecule has 2 aromatic carbocycles. The lowest BCUT2D eigenvalue weighted by Gasteiger charge is -2.22. The Morgan fingerprint density at radius 3 is 2.36 bits per heavy atom. The summed E-state index contributed by atoms with van der Waals surface area (Å²) in [5.74, 6) is -0.776. The second-order valence-corrected chi connectivity index (χ2v) is 7.86. The molecule has 0 unspecified atom stereocenters. The minimum Gasteiger partial charge on any atom is -0.350 e. The summed E-state index contributed by atoms with van der Waals surface area (Å²) in [6.07, 6.45) is 0. The summed E-state index contributed by atoms with van der Waals surface area (Å²) in [5.41, 5.74) is 2.62. The highest BCUT2D eigenvalue weighted by atomic mass is 35.5. The molecule has 0 aliphatic carbocycles. The van der Waals surface area contributed by atoms with Crippen LogP contribution in [0.3, 0.4) is 0 Å². The summed E-state index contributed by atoms with van der Waals surface area (Å²) >= 11 is 13.0. The number of hydrogen-bond acceptors (Lipinski definition) is 4. The van der Waals surface area contributed by atoms with Crippen molar-refractivity contribution in [3.63, 3.8) is 0 Å². The fraction of sp³-hybridized carbons (Fsp3) is 0.150. The van der Waals surface area contributed by atoms with E-state index >= 15 is 0 Å². The molecule has 1 N–H and O–H groups in total. The highest BCUT2D eigenvalue weighted by Gasteiger charge is 2.26. The smallest absolute Gasteiger partial charge is 0.280 e. The van der Waals surface area contributed by atoms with E-state index in [-0.39, 0.29) is 27.5 Å². The lowest BCUT2D eigenvalue weighted by atomic mass is 10.2. The topological polar surface area (TPSA) is 62.3 Å². The quantitative estimate of drug-likeness (QED) is 0.611. The number of carbonyl (C=O) groups is 2. The molecular formula is C20H17Cl2N3O2S. The van der Waals surface area contributed by atoms with E-state index in [0.29, 0.717) is 12.2 Å². The van der Waals surface area contributed by atoms with Gasteiger partial charge in [-0.2, -0.15) is 4.37 Å². The maximum atomic E-state index is 13.0. The van der Waals surface area contributed by atoms with Gasteiger partial charge in [-0.15, -0.1) is 0 Å². The fourth-order valence-corrected chi connectivity index (χ4v) is 3.51. The molecule has 0 atom stereocenters. The van der Waals surface area contributed by atoms with Crippen LogP contribution in [0.1, 0.15) is 21.6 Å². The number of nitrogens with zero attached hydrogens (tertiary/aromatic N) is 2. The SMILES string of the molecule is Cc1ccc(N(CC(=O)NCc2ccccc2)C(=O)c2nsc(Cl)c2Cl)cc1. The molecule has 3 aromatic rings. The molecule has 0 spiro atoms. The summed E-state index contributed by atoms with van der Waals surface area (Å²) < 4.78 is 4.27. The lowest BCUT2D eigenvalue weighted by molar-refractivity contribution is -0.119. The minimum atomic E-state index is -0.480. The summed E-state index contributed by atoms with van der Waals surface area (Å²) in [6.45, 7) is 2.15. The second-order valence-electron chi connectivity index (χ2n) is 6.11. The number of halogens is 2. The largest absolute Gasteiger partial charge is 0.350 e. The van der Waals surface area contributed by atoms with Crippen LogP contribution in [0.2, 0.25) is 9.36 Å². The Labute approximate surface area is 177 Å². The van der Waals surface area contributed by atoms with Crippen molar-refractivity contribution >= 4 is 52.2 Å². The van der Waals surface area contributed by atoms with Gasteiger partial charge in [-0.1, -0.05) is 71.2 Å². The molecule has 0 bridgehead atoms. The highest BCUT2D eigenvalue weighted by molar-refractivity contribution is 7.11. The molecule has 3 rings (SSSR count). The van der Waals surface area contributed by atoms with Crippen molar-refractivity contribution in [3.05, 3.63) is 80.8 Å². The van der Waals surface area contributed by atoms with E-state index in [2.05, 4.69) is 9.69 Å². The third kappa shape index (κ3) is 4.90. The molecule has 0 fully saturated rings. The minimum absolute atomic E-state index is 0.0353. The lowest BCUT2D eigenvalue weighted by Crippen LogP contribution is -2.41. The van der Waals surface area contributed by atoms with Gasteiger partial charge in [-0.05, 0) is 36.2 Å². The Morgan fingerprint density at radius 1 is 1.07 bits per heavy atom. The van der Waals surface area contributed by atoms with Gasteiger partial charge in [0.15, 0.2) is 5.69 Å². The van der Waals surface area contributed by atoms with Gasteiger partial charge >= 0.3 is 0 Å². The first kappa shape index (κ1) is 20.3. The van der Waals surface area contributed by atoms with Crippen LogP contribution in [0, 0.1) is 6.92 Å². The maximum absolute atomic E-state index is 13.0. The average Bonchev–Trinajstić information content (AvgIpc) is 3.04. The summed E-state index contributed by atoms with van der Waals surface area (Å²) in [7, 11) is 0. The van der Waals surface area contributed by atoms with Crippen LogP contribution in [0.4, 0.5) is 5.69 Å². The molecule has 0 saturated heterocycles. The number of aryl methyl sites for hydroxylation is 1. The Hall–Kier alpha value is -2.41. The van der Waals surface area contributed by atoms with Gasteiger partial charge < -0.3 is 5.32 Å². The molecular weight excluding hydrogens is 417 g/mol. The van der Waals surface area contributed by atoms with Gasteiger partial charge in [0.05, 0.1) is 0 Å². The monoisotopic (exact) mass is 433 g/mol. The number of carbonyl (C=O) groups excluding carboxylic acids is 2. The van der Waals surface area contributed by atoms with Gasteiger partial charge in [0.2, 0.25) is 5.91 Å². The van der Waals surface area contributed by atoms with Gasteiger partial charge in [-0.25, -0.2) is 0 Å². The van der Waals surface area contributed by atoms with Crippen LogP contribution >= 0.6 is 34.7 Å². The first-order chi connectivity index (χ1) is 13.5. The van der Waals surface area contributed by atoms with Gasteiger partial charge in [0, 0.05) is 12.2 Å². The Bertz CT molecular complexity index is 975. The number of aromatic nitrogens is 1. The van der Waals surface area contributed by atoms with Crippen molar-refractivity contribution in [2.45, 2.75) is 13.5 Å². The summed E-state index contributed by atoms with van der Waals surface area (Å²) in [6, 6.07) is 16.8. The van der Waals surface area contributed by atoms with Crippen molar-refractivity contribution in [2.24, 2.45) is 0 Å². The Morgan fingerprint density at radius 2 is 1.75 bits per heavy atom. The number of benzene rings is 2. The van der Waals surface area contributed by atoms with Crippen LogP contribution in [0.15, 0.2) is 54.6 Å². The van der Waals surface area contributed by atoms with E-state index in [1.54, 1.807) is 12.1 Å². The van der Waals surface area contributed by atoms with E-state index in [0.717, 1.165) is 22.7 Å². The molecule has 0 radical (unpaired) electrons. The van der Waals surface area contributed by atoms with Crippen LogP contribution in [0.5, 0.6) is 0 Å².